The summed E-state index contributed by atoms with van der Waals surface area (Å²) in [6.07, 6.45) is 1.82. The summed E-state index contributed by atoms with van der Waals surface area (Å²) in [6.45, 7) is 8.57. The van der Waals surface area contributed by atoms with Gasteiger partial charge in [-0.1, -0.05) is 54.6 Å². The van der Waals surface area contributed by atoms with Crippen molar-refractivity contribution in [2.45, 2.75) is 53.5 Å². The minimum atomic E-state index is -0.698. The minimum absolute atomic E-state index is 0.0125. The van der Waals surface area contributed by atoms with Crippen LogP contribution < -0.4 is 11.1 Å². The quantitative estimate of drug-likeness (QED) is 0.257. The molecule has 0 amide bonds. The SMILES string of the molecule is CCn1c(COCc2ccccc2)nn(-c2cc3c(cc2F)c(=O)c(-c2ccccc2C)cn3C(C)C)c1=O. The largest absolute Gasteiger partial charge is 0.369 e. The highest BCUT2D eigenvalue weighted by Gasteiger charge is 2.21. The van der Waals surface area contributed by atoms with Gasteiger partial charge in [-0.15, -0.1) is 5.10 Å². The van der Waals surface area contributed by atoms with E-state index in [-0.39, 0.29) is 29.2 Å². The molecule has 0 atom stereocenters. The van der Waals surface area contributed by atoms with Crippen LogP contribution in [0.1, 0.15) is 43.8 Å². The molecule has 0 saturated heterocycles. The van der Waals surface area contributed by atoms with E-state index in [2.05, 4.69) is 5.10 Å². The molecule has 7 nitrogen and oxygen atoms in total. The molecule has 0 aliphatic rings. The summed E-state index contributed by atoms with van der Waals surface area (Å²) < 4.78 is 25.9. The van der Waals surface area contributed by atoms with Gasteiger partial charge in [0.25, 0.3) is 0 Å². The Morgan fingerprint density at radius 3 is 2.36 bits per heavy atom. The molecule has 39 heavy (non-hydrogen) atoms. The van der Waals surface area contributed by atoms with Crippen LogP contribution in [0.15, 0.2) is 82.5 Å². The van der Waals surface area contributed by atoms with Crippen molar-refractivity contribution in [3.63, 3.8) is 0 Å². The number of rotatable bonds is 8. The number of hydrogen-bond acceptors (Lipinski definition) is 4. The van der Waals surface area contributed by atoms with E-state index in [0.29, 0.717) is 30.1 Å². The van der Waals surface area contributed by atoms with E-state index in [4.69, 9.17) is 4.74 Å². The van der Waals surface area contributed by atoms with Crippen molar-refractivity contribution in [2.75, 3.05) is 0 Å². The van der Waals surface area contributed by atoms with Gasteiger partial charge in [0, 0.05) is 29.7 Å². The van der Waals surface area contributed by atoms with E-state index >= 15 is 4.39 Å². The molecule has 0 spiro atoms. The van der Waals surface area contributed by atoms with E-state index in [0.717, 1.165) is 21.4 Å². The topological polar surface area (TPSA) is 71.0 Å². The second kappa shape index (κ2) is 10.8. The molecule has 8 heteroatoms. The van der Waals surface area contributed by atoms with Crippen molar-refractivity contribution in [2.24, 2.45) is 0 Å². The zero-order valence-electron chi connectivity index (χ0n) is 22.5. The van der Waals surface area contributed by atoms with Crippen molar-refractivity contribution in [1.29, 1.82) is 0 Å². The van der Waals surface area contributed by atoms with Crippen LogP contribution in [0.25, 0.3) is 27.7 Å². The monoisotopic (exact) mass is 526 g/mol. The predicted molar refractivity (Wildman–Crippen MR) is 151 cm³/mol. The number of pyridine rings is 1. The van der Waals surface area contributed by atoms with Crippen LogP contribution in [-0.4, -0.2) is 18.9 Å². The molecule has 0 unspecified atom stereocenters. The van der Waals surface area contributed by atoms with Crippen LogP contribution >= 0.6 is 0 Å². The van der Waals surface area contributed by atoms with E-state index < -0.39 is 11.5 Å². The molecule has 2 aromatic heterocycles. The van der Waals surface area contributed by atoms with Crippen molar-refractivity contribution in [1.82, 2.24) is 18.9 Å². The number of nitrogens with zero attached hydrogens (tertiary/aromatic N) is 4. The van der Waals surface area contributed by atoms with Gasteiger partial charge >= 0.3 is 5.69 Å². The zero-order chi connectivity index (χ0) is 27.7. The first-order valence-corrected chi connectivity index (χ1v) is 13.0. The molecule has 3 aromatic carbocycles. The van der Waals surface area contributed by atoms with Crippen molar-refractivity contribution >= 4 is 10.9 Å². The highest BCUT2D eigenvalue weighted by atomic mass is 19.1. The maximum Gasteiger partial charge on any atom is 0.350 e. The third kappa shape index (κ3) is 4.95. The lowest BCUT2D eigenvalue weighted by atomic mass is 9.99. The maximum atomic E-state index is 15.6. The third-order valence-electron chi connectivity index (χ3n) is 6.92. The van der Waals surface area contributed by atoms with Gasteiger partial charge in [-0.3, -0.25) is 9.36 Å². The number of aromatic nitrogens is 4. The summed E-state index contributed by atoms with van der Waals surface area (Å²) in [5.74, 6) is -0.300. The lowest BCUT2D eigenvalue weighted by Gasteiger charge is -2.18. The van der Waals surface area contributed by atoms with Gasteiger partial charge < -0.3 is 9.30 Å². The van der Waals surface area contributed by atoms with Crippen molar-refractivity contribution in [3.05, 3.63) is 116 Å². The Kier molecular flexibility index (Phi) is 7.30. The fourth-order valence-corrected chi connectivity index (χ4v) is 4.87. The molecule has 0 fully saturated rings. The van der Waals surface area contributed by atoms with Crippen LogP contribution in [0.3, 0.4) is 0 Å². The fourth-order valence-electron chi connectivity index (χ4n) is 4.87. The Morgan fingerprint density at radius 1 is 0.949 bits per heavy atom. The predicted octanol–water partition coefficient (Wildman–Crippen LogP) is 5.78. The van der Waals surface area contributed by atoms with E-state index in [1.807, 2.05) is 93.1 Å². The average Bonchev–Trinajstić information content (AvgIpc) is 3.24. The van der Waals surface area contributed by atoms with Gasteiger partial charge in [0.2, 0.25) is 0 Å². The number of aryl methyl sites for hydroxylation is 1. The Hall–Kier alpha value is -4.30. The Morgan fingerprint density at radius 2 is 1.67 bits per heavy atom. The summed E-state index contributed by atoms with van der Waals surface area (Å²) in [5.41, 5.74) is 3.06. The molecule has 5 rings (SSSR count). The summed E-state index contributed by atoms with van der Waals surface area (Å²) in [5, 5.41) is 4.69. The highest BCUT2D eigenvalue weighted by molar-refractivity contribution is 5.86. The van der Waals surface area contributed by atoms with Gasteiger partial charge in [-0.2, -0.15) is 4.68 Å². The van der Waals surface area contributed by atoms with E-state index in [1.54, 1.807) is 0 Å². The molecule has 0 N–H and O–H groups in total. The summed E-state index contributed by atoms with van der Waals surface area (Å²) >= 11 is 0. The molecule has 0 aliphatic carbocycles. The van der Waals surface area contributed by atoms with Crippen LogP contribution in [0.5, 0.6) is 0 Å². The standard InChI is InChI=1S/C31H31FN4O3/c1-5-34-29(19-39-18-22-12-7-6-8-13-22)33-36(31(34)38)28-16-27-24(15-26(28)32)30(37)25(17-35(27)20(2)3)23-14-10-9-11-21(23)4/h6-17,20H,5,18-19H2,1-4H3. The number of fused-ring (bicyclic) bond motifs is 1. The molecular weight excluding hydrogens is 495 g/mol. The molecule has 0 aliphatic heterocycles. The summed E-state index contributed by atoms with van der Waals surface area (Å²) in [6, 6.07) is 20.1. The number of hydrogen-bond donors (Lipinski definition) is 0. The first-order chi connectivity index (χ1) is 18.8. The molecule has 2 heterocycles. The van der Waals surface area contributed by atoms with Gasteiger partial charge in [-0.25, -0.2) is 9.18 Å². The second-order valence-electron chi connectivity index (χ2n) is 9.84. The molecule has 0 radical (unpaired) electrons. The lowest BCUT2D eigenvalue weighted by molar-refractivity contribution is 0.0989. The molecule has 200 valence electrons. The zero-order valence-corrected chi connectivity index (χ0v) is 22.5. The smallest absolute Gasteiger partial charge is 0.350 e. The summed E-state index contributed by atoms with van der Waals surface area (Å²) in [7, 11) is 0. The van der Waals surface area contributed by atoms with Crippen LogP contribution in [0, 0.1) is 12.7 Å². The Labute approximate surface area is 225 Å². The van der Waals surface area contributed by atoms with Gasteiger partial charge in [0.15, 0.2) is 11.3 Å². The summed E-state index contributed by atoms with van der Waals surface area (Å²) in [4.78, 5) is 26.9. The second-order valence-corrected chi connectivity index (χ2v) is 9.84. The average molecular weight is 527 g/mol. The van der Waals surface area contributed by atoms with Crippen LogP contribution in [0.2, 0.25) is 0 Å². The highest BCUT2D eigenvalue weighted by Crippen LogP contribution is 2.27. The Bertz CT molecular complexity index is 1770. The molecule has 0 bridgehead atoms. The molecule has 0 saturated carbocycles. The molecular formula is C31H31FN4O3. The third-order valence-corrected chi connectivity index (χ3v) is 6.92. The van der Waals surface area contributed by atoms with Gasteiger partial charge in [0.05, 0.1) is 12.1 Å². The number of halogens is 1. The first-order valence-electron chi connectivity index (χ1n) is 13.0. The first kappa shape index (κ1) is 26.3. The van der Waals surface area contributed by atoms with Crippen molar-refractivity contribution < 1.29 is 9.13 Å². The van der Waals surface area contributed by atoms with Crippen molar-refractivity contribution in [3.8, 4) is 16.8 Å². The maximum absolute atomic E-state index is 15.6. The lowest BCUT2D eigenvalue weighted by Crippen LogP contribution is -2.25. The van der Waals surface area contributed by atoms with E-state index in [1.165, 1.54) is 16.7 Å². The minimum Gasteiger partial charge on any atom is -0.369 e. The number of benzene rings is 3. The van der Waals surface area contributed by atoms with Gasteiger partial charge in [-0.05, 0) is 56.5 Å². The molecule has 5 aromatic rings. The van der Waals surface area contributed by atoms with Crippen LogP contribution in [-0.2, 0) is 24.5 Å². The Balaban J connectivity index is 1.60. The van der Waals surface area contributed by atoms with Crippen LogP contribution in [0.4, 0.5) is 4.39 Å². The normalized spacial score (nSPS) is 11.5. The van der Waals surface area contributed by atoms with E-state index in [9.17, 15) is 9.59 Å². The number of ether oxygens (including phenoxy) is 1. The van der Waals surface area contributed by atoms with Gasteiger partial charge in [0.1, 0.15) is 18.1 Å². The fraction of sp³-hybridized carbons (Fsp3) is 0.258.